The van der Waals surface area contributed by atoms with Crippen molar-refractivity contribution in [3.05, 3.63) is 35.1 Å². The van der Waals surface area contributed by atoms with Gasteiger partial charge in [-0.2, -0.15) is 0 Å². The van der Waals surface area contributed by atoms with Gasteiger partial charge in [0.15, 0.2) is 0 Å². The standard InChI is InChI=1S/C12H8BrClN2O/c1-17-7-4-8-9-6-15-3-2-11(9)16(14)12(8)10(13)5-7/h2-6H,1H3. The average molecular weight is 312 g/mol. The molecule has 0 aliphatic heterocycles. The second kappa shape index (κ2) is 3.89. The van der Waals surface area contributed by atoms with Crippen LogP contribution in [0.25, 0.3) is 21.8 Å². The Balaban J connectivity index is 2.57. The van der Waals surface area contributed by atoms with Crippen molar-refractivity contribution in [2.45, 2.75) is 0 Å². The maximum atomic E-state index is 6.31. The lowest BCUT2D eigenvalue weighted by Gasteiger charge is -2.02. The van der Waals surface area contributed by atoms with E-state index in [1.54, 1.807) is 17.4 Å². The van der Waals surface area contributed by atoms with Crippen molar-refractivity contribution in [1.29, 1.82) is 0 Å². The first-order valence-electron chi connectivity index (χ1n) is 5.00. The van der Waals surface area contributed by atoms with Crippen molar-refractivity contribution >= 4 is 49.5 Å². The number of hydrogen-bond donors (Lipinski definition) is 0. The molecule has 2 heterocycles. The summed E-state index contributed by atoms with van der Waals surface area (Å²) in [4.78, 5) is 4.13. The van der Waals surface area contributed by atoms with Crippen LogP contribution in [0, 0.1) is 0 Å². The Hall–Kier alpha value is -1.26. The first-order valence-corrected chi connectivity index (χ1v) is 6.13. The number of aromatic nitrogens is 2. The predicted octanol–water partition coefficient (Wildman–Crippen LogP) is 3.96. The maximum absolute atomic E-state index is 6.31. The largest absolute Gasteiger partial charge is 0.497 e. The van der Waals surface area contributed by atoms with Crippen LogP contribution in [0.3, 0.4) is 0 Å². The molecular weight excluding hydrogens is 304 g/mol. The number of nitrogens with zero attached hydrogens (tertiary/aromatic N) is 2. The molecule has 0 N–H and O–H groups in total. The van der Waals surface area contributed by atoms with E-state index in [1.165, 1.54) is 0 Å². The summed E-state index contributed by atoms with van der Waals surface area (Å²) in [6.45, 7) is 0. The number of fused-ring (bicyclic) bond motifs is 3. The summed E-state index contributed by atoms with van der Waals surface area (Å²) in [5.74, 6) is 0.789. The molecule has 0 saturated heterocycles. The van der Waals surface area contributed by atoms with Crippen LogP contribution in [-0.2, 0) is 0 Å². The fourth-order valence-corrected chi connectivity index (χ4v) is 3.03. The third-order valence-corrected chi connectivity index (χ3v) is 3.72. The molecule has 0 aliphatic rings. The molecule has 0 amide bonds. The summed E-state index contributed by atoms with van der Waals surface area (Å²) in [5, 5.41) is 2.03. The summed E-state index contributed by atoms with van der Waals surface area (Å²) in [5.41, 5.74) is 1.86. The zero-order valence-electron chi connectivity index (χ0n) is 8.95. The van der Waals surface area contributed by atoms with Gasteiger partial charge in [-0.25, -0.2) is 0 Å². The first-order chi connectivity index (χ1) is 8.22. The zero-order chi connectivity index (χ0) is 12.0. The molecule has 0 spiro atoms. The highest BCUT2D eigenvalue weighted by molar-refractivity contribution is 9.10. The van der Waals surface area contributed by atoms with Gasteiger partial charge in [-0.1, -0.05) is 0 Å². The molecular formula is C12H8BrClN2O. The van der Waals surface area contributed by atoms with Crippen LogP contribution in [0.2, 0.25) is 0 Å². The number of ether oxygens (including phenoxy) is 1. The number of halogens is 2. The van der Waals surface area contributed by atoms with E-state index in [2.05, 4.69) is 20.9 Å². The summed E-state index contributed by atoms with van der Waals surface area (Å²) in [7, 11) is 1.64. The summed E-state index contributed by atoms with van der Waals surface area (Å²) < 4.78 is 7.79. The van der Waals surface area contributed by atoms with Crippen molar-refractivity contribution in [2.24, 2.45) is 0 Å². The van der Waals surface area contributed by atoms with Crippen LogP contribution in [-0.4, -0.2) is 16.2 Å². The van der Waals surface area contributed by atoms with Crippen LogP contribution in [0.1, 0.15) is 0 Å². The van der Waals surface area contributed by atoms with Crippen molar-refractivity contribution in [1.82, 2.24) is 9.07 Å². The lowest BCUT2D eigenvalue weighted by molar-refractivity contribution is 0.415. The average Bonchev–Trinajstić information content (AvgIpc) is 2.64. The SMILES string of the molecule is COc1cc(Br)c2c(c1)c1cnccc1n2Cl. The fourth-order valence-electron chi connectivity index (χ4n) is 1.98. The molecule has 3 nitrogen and oxygen atoms in total. The minimum atomic E-state index is 0.789. The van der Waals surface area contributed by atoms with Crippen LogP contribution in [0.15, 0.2) is 35.1 Å². The third-order valence-electron chi connectivity index (χ3n) is 2.77. The normalized spacial score (nSPS) is 11.2. The first kappa shape index (κ1) is 10.9. The molecule has 17 heavy (non-hydrogen) atoms. The molecule has 0 saturated carbocycles. The van der Waals surface area contributed by atoms with E-state index in [1.807, 2.05) is 24.4 Å². The number of pyridine rings is 1. The third kappa shape index (κ3) is 1.51. The van der Waals surface area contributed by atoms with Gasteiger partial charge in [0.1, 0.15) is 5.75 Å². The second-order valence-electron chi connectivity index (χ2n) is 3.68. The Kier molecular flexibility index (Phi) is 2.49. The van der Waals surface area contributed by atoms with E-state index < -0.39 is 0 Å². The lowest BCUT2D eigenvalue weighted by atomic mass is 10.2. The van der Waals surface area contributed by atoms with E-state index in [4.69, 9.17) is 16.5 Å². The summed E-state index contributed by atoms with van der Waals surface area (Å²) in [6.07, 6.45) is 3.54. The highest BCUT2D eigenvalue weighted by atomic mass is 79.9. The van der Waals surface area contributed by atoms with Gasteiger partial charge in [-0.05, 0) is 34.1 Å². The Bertz CT molecular complexity index is 723. The Labute approximate surface area is 111 Å². The van der Waals surface area contributed by atoms with Crippen LogP contribution >= 0.6 is 27.7 Å². The molecule has 0 bridgehead atoms. The molecule has 2 aromatic heterocycles. The number of methoxy groups -OCH3 is 1. The van der Waals surface area contributed by atoms with Gasteiger partial charge in [0.2, 0.25) is 0 Å². The minimum Gasteiger partial charge on any atom is -0.497 e. The number of benzene rings is 1. The number of rotatable bonds is 1. The van der Waals surface area contributed by atoms with Gasteiger partial charge >= 0.3 is 0 Å². The fraction of sp³-hybridized carbons (Fsp3) is 0.0833. The smallest absolute Gasteiger partial charge is 0.120 e. The van der Waals surface area contributed by atoms with Crippen LogP contribution < -0.4 is 4.74 Å². The molecule has 3 rings (SSSR count). The number of hydrogen-bond acceptors (Lipinski definition) is 2. The summed E-state index contributed by atoms with van der Waals surface area (Å²) >= 11 is 9.82. The van der Waals surface area contributed by atoms with Crippen LogP contribution in [0.5, 0.6) is 5.75 Å². The van der Waals surface area contributed by atoms with E-state index in [0.29, 0.717) is 0 Å². The minimum absolute atomic E-state index is 0.789. The van der Waals surface area contributed by atoms with Gasteiger partial charge in [0.25, 0.3) is 0 Å². The van der Waals surface area contributed by atoms with Gasteiger partial charge in [-0.15, -0.1) is 0 Å². The molecule has 1 aromatic carbocycles. The Morgan fingerprint density at radius 1 is 1.35 bits per heavy atom. The maximum Gasteiger partial charge on any atom is 0.120 e. The van der Waals surface area contributed by atoms with Crippen molar-refractivity contribution in [3.63, 3.8) is 0 Å². The van der Waals surface area contributed by atoms with Gasteiger partial charge in [0, 0.05) is 39.4 Å². The van der Waals surface area contributed by atoms with Crippen molar-refractivity contribution < 1.29 is 4.74 Å². The van der Waals surface area contributed by atoms with Crippen LogP contribution in [0.4, 0.5) is 0 Å². The van der Waals surface area contributed by atoms with E-state index >= 15 is 0 Å². The molecule has 86 valence electrons. The molecule has 0 atom stereocenters. The quantitative estimate of drug-likeness (QED) is 0.680. The van der Waals surface area contributed by atoms with E-state index in [9.17, 15) is 0 Å². The van der Waals surface area contributed by atoms with E-state index in [0.717, 1.165) is 32.0 Å². The molecule has 0 radical (unpaired) electrons. The predicted molar refractivity (Wildman–Crippen MR) is 72.7 cm³/mol. The Morgan fingerprint density at radius 2 is 2.18 bits per heavy atom. The molecule has 5 heteroatoms. The van der Waals surface area contributed by atoms with Crippen molar-refractivity contribution in [2.75, 3.05) is 7.11 Å². The highest BCUT2D eigenvalue weighted by Gasteiger charge is 2.13. The van der Waals surface area contributed by atoms with Gasteiger partial charge in [-0.3, -0.25) is 9.07 Å². The van der Waals surface area contributed by atoms with Gasteiger partial charge in [0.05, 0.1) is 18.1 Å². The lowest BCUT2D eigenvalue weighted by Crippen LogP contribution is -1.84. The summed E-state index contributed by atoms with van der Waals surface area (Å²) in [6, 6.07) is 5.75. The molecule has 3 aromatic rings. The topological polar surface area (TPSA) is 27.1 Å². The molecule has 0 unspecified atom stereocenters. The van der Waals surface area contributed by atoms with E-state index in [-0.39, 0.29) is 0 Å². The molecule has 0 fully saturated rings. The molecule has 0 aliphatic carbocycles. The second-order valence-corrected chi connectivity index (χ2v) is 4.87. The van der Waals surface area contributed by atoms with Crippen molar-refractivity contribution in [3.8, 4) is 5.75 Å². The highest BCUT2D eigenvalue weighted by Crippen LogP contribution is 2.36. The van der Waals surface area contributed by atoms with Gasteiger partial charge < -0.3 is 4.74 Å². The monoisotopic (exact) mass is 310 g/mol. The Morgan fingerprint density at radius 3 is 2.94 bits per heavy atom. The zero-order valence-corrected chi connectivity index (χ0v) is 11.3.